The average molecular weight is 366 g/mol. The Labute approximate surface area is 165 Å². The Bertz CT molecular complexity index is 743. The summed E-state index contributed by atoms with van der Waals surface area (Å²) in [5, 5.41) is 3.12. The van der Waals surface area contributed by atoms with Crippen LogP contribution in [0.3, 0.4) is 0 Å². The van der Waals surface area contributed by atoms with E-state index in [-0.39, 0.29) is 22.8 Å². The van der Waals surface area contributed by atoms with E-state index >= 15 is 0 Å². The van der Waals surface area contributed by atoms with Crippen molar-refractivity contribution in [3.8, 4) is 0 Å². The Balaban J connectivity index is 1.88. The minimum atomic E-state index is 0.0229. The molecule has 2 rings (SSSR count). The van der Waals surface area contributed by atoms with Gasteiger partial charge in [0.2, 0.25) is 5.91 Å². The van der Waals surface area contributed by atoms with Gasteiger partial charge in [-0.15, -0.1) is 0 Å². The number of benzene rings is 2. The molecule has 0 aliphatic rings. The summed E-state index contributed by atoms with van der Waals surface area (Å²) in [6, 6.07) is 17.2. The first kappa shape index (κ1) is 21.2. The third-order valence-electron chi connectivity index (χ3n) is 5.11. The number of aryl methyl sites for hydroxylation is 1. The third kappa shape index (κ3) is 6.23. The van der Waals surface area contributed by atoms with Crippen LogP contribution in [0.5, 0.6) is 0 Å². The van der Waals surface area contributed by atoms with E-state index in [2.05, 4.69) is 95.4 Å². The smallest absolute Gasteiger partial charge is 0.220 e. The van der Waals surface area contributed by atoms with Gasteiger partial charge in [0, 0.05) is 6.42 Å². The quantitative estimate of drug-likeness (QED) is 0.682. The summed E-state index contributed by atoms with van der Waals surface area (Å²) in [6.45, 7) is 15.3. The Hall–Kier alpha value is -2.09. The molecule has 0 aliphatic carbocycles. The van der Waals surface area contributed by atoms with Gasteiger partial charge in [0.15, 0.2) is 0 Å². The van der Waals surface area contributed by atoms with Gasteiger partial charge >= 0.3 is 0 Å². The maximum absolute atomic E-state index is 12.3. The van der Waals surface area contributed by atoms with Crippen LogP contribution in [0.4, 0.5) is 0 Å². The van der Waals surface area contributed by atoms with Gasteiger partial charge in [-0.1, -0.05) is 90.1 Å². The van der Waals surface area contributed by atoms with Crippen LogP contribution >= 0.6 is 0 Å². The second kappa shape index (κ2) is 8.29. The largest absolute Gasteiger partial charge is 0.350 e. The van der Waals surface area contributed by atoms with Crippen LogP contribution < -0.4 is 5.32 Å². The highest BCUT2D eigenvalue weighted by molar-refractivity contribution is 5.76. The maximum Gasteiger partial charge on any atom is 0.220 e. The maximum atomic E-state index is 12.3. The first-order valence-corrected chi connectivity index (χ1v) is 9.96. The number of rotatable bonds is 5. The van der Waals surface area contributed by atoms with Crippen molar-refractivity contribution in [3.63, 3.8) is 0 Å². The summed E-state index contributed by atoms with van der Waals surface area (Å²) in [7, 11) is 0. The van der Waals surface area contributed by atoms with Crippen LogP contribution in [-0.4, -0.2) is 5.91 Å². The summed E-state index contributed by atoms with van der Waals surface area (Å²) < 4.78 is 0. The highest BCUT2D eigenvalue weighted by Crippen LogP contribution is 2.24. The number of hydrogen-bond acceptors (Lipinski definition) is 1. The van der Waals surface area contributed by atoms with Crippen molar-refractivity contribution in [2.75, 3.05) is 0 Å². The fourth-order valence-electron chi connectivity index (χ4n) is 3.10. The molecule has 2 nitrogen and oxygen atoms in total. The van der Waals surface area contributed by atoms with Gasteiger partial charge in [0.05, 0.1) is 6.04 Å². The van der Waals surface area contributed by atoms with E-state index in [1.165, 1.54) is 16.7 Å². The Morgan fingerprint density at radius 1 is 0.815 bits per heavy atom. The minimum Gasteiger partial charge on any atom is -0.350 e. The SMILES string of the molecule is CC(NC(=O)CCc1ccc(C(C)(C)C)cc1)c1ccc(C(C)(C)C)cc1. The molecule has 0 saturated carbocycles. The molecular formula is C25H35NO. The average Bonchev–Trinajstić information content (AvgIpc) is 2.59. The molecule has 146 valence electrons. The molecule has 0 saturated heterocycles. The van der Waals surface area contributed by atoms with E-state index in [4.69, 9.17) is 0 Å². The summed E-state index contributed by atoms with van der Waals surface area (Å²) in [4.78, 5) is 12.3. The third-order valence-corrected chi connectivity index (χ3v) is 5.11. The topological polar surface area (TPSA) is 29.1 Å². The molecule has 1 unspecified atom stereocenters. The van der Waals surface area contributed by atoms with E-state index in [0.29, 0.717) is 6.42 Å². The molecule has 2 heteroatoms. The zero-order chi connectivity index (χ0) is 20.2. The van der Waals surface area contributed by atoms with Crippen molar-refractivity contribution < 1.29 is 4.79 Å². The molecule has 0 spiro atoms. The molecule has 0 aromatic heterocycles. The van der Waals surface area contributed by atoms with Crippen LogP contribution in [0.25, 0.3) is 0 Å². The second-order valence-corrected chi connectivity index (χ2v) is 9.61. The van der Waals surface area contributed by atoms with E-state index in [1.54, 1.807) is 0 Å². The lowest BCUT2D eigenvalue weighted by Crippen LogP contribution is -2.27. The van der Waals surface area contributed by atoms with Crippen molar-refractivity contribution in [1.82, 2.24) is 5.32 Å². The molecule has 1 N–H and O–H groups in total. The molecule has 1 atom stereocenters. The fraction of sp³-hybridized carbons (Fsp3) is 0.480. The summed E-state index contributed by atoms with van der Waals surface area (Å²) in [5.74, 6) is 0.0993. The van der Waals surface area contributed by atoms with Gasteiger partial charge in [-0.05, 0) is 46.4 Å². The van der Waals surface area contributed by atoms with Gasteiger partial charge in [-0.25, -0.2) is 0 Å². The zero-order valence-electron chi connectivity index (χ0n) is 18.0. The molecule has 0 aliphatic heterocycles. The molecule has 0 fully saturated rings. The van der Waals surface area contributed by atoms with Gasteiger partial charge < -0.3 is 5.32 Å². The predicted molar refractivity (Wildman–Crippen MR) is 115 cm³/mol. The molecule has 0 heterocycles. The van der Waals surface area contributed by atoms with E-state index < -0.39 is 0 Å². The van der Waals surface area contributed by atoms with E-state index in [9.17, 15) is 4.79 Å². The van der Waals surface area contributed by atoms with E-state index in [1.807, 2.05) is 6.92 Å². The minimum absolute atomic E-state index is 0.0229. The molecular weight excluding hydrogens is 330 g/mol. The number of amides is 1. The number of hydrogen-bond donors (Lipinski definition) is 1. The Morgan fingerprint density at radius 2 is 1.26 bits per heavy atom. The summed E-state index contributed by atoms with van der Waals surface area (Å²) >= 11 is 0. The molecule has 2 aromatic carbocycles. The highest BCUT2D eigenvalue weighted by atomic mass is 16.1. The standard InChI is InChI=1S/C25H35NO/c1-18(20-11-15-22(16-12-20)25(5,6)7)26-23(27)17-10-19-8-13-21(14-9-19)24(2,3)4/h8-9,11-16,18H,10,17H2,1-7H3,(H,26,27). The van der Waals surface area contributed by atoms with E-state index in [0.717, 1.165) is 12.0 Å². The van der Waals surface area contributed by atoms with Crippen molar-refractivity contribution in [2.45, 2.75) is 78.2 Å². The summed E-state index contributed by atoms with van der Waals surface area (Å²) in [6.07, 6.45) is 1.28. The van der Waals surface area contributed by atoms with Gasteiger partial charge in [-0.2, -0.15) is 0 Å². The highest BCUT2D eigenvalue weighted by Gasteiger charge is 2.15. The Morgan fingerprint density at radius 3 is 1.70 bits per heavy atom. The Kier molecular flexibility index (Phi) is 6.51. The molecule has 2 aromatic rings. The first-order valence-electron chi connectivity index (χ1n) is 9.96. The predicted octanol–water partition coefficient (Wildman–Crippen LogP) is 6.09. The lowest BCUT2D eigenvalue weighted by atomic mass is 9.86. The number of carbonyl (C=O) groups excluding carboxylic acids is 1. The van der Waals surface area contributed by atoms with Gasteiger partial charge in [0.1, 0.15) is 0 Å². The molecule has 1 amide bonds. The molecule has 0 bridgehead atoms. The first-order chi connectivity index (χ1) is 12.5. The normalized spacial score (nSPS) is 13.3. The fourth-order valence-corrected chi connectivity index (χ4v) is 3.10. The van der Waals surface area contributed by atoms with Crippen LogP contribution in [0.1, 0.15) is 83.2 Å². The van der Waals surface area contributed by atoms with Crippen LogP contribution in [0.15, 0.2) is 48.5 Å². The van der Waals surface area contributed by atoms with Crippen molar-refractivity contribution in [1.29, 1.82) is 0 Å². The van der Waals surface area contributed by atoms with Crippen molar-refractivity contribution in [3.05, 3.63) is 70.8 Å². The summed E-state index contributed by atoms with van der Waals surface area (Å²) in [5.41, 5.74) is 5.29. The molecule has 27 heavy (non-hydrogen) atoms. The van der Waals surface area contributed by atoms with Crippen molar-refractivity contribution in [2.24, 2.45) is 0 Å². The number of nitrogens with one attached hydrogen (secondary N) is 1. The van der Waals surface area contributed by atoms with Crippen LogP contribution in [0, 0.1) is 0 Å². The van der Waals surface area contributed by atoms with Crippen molar-refractivity contribution >= 4 is 5.91 Å². The lowest BCUT2D eigenvalue weighted by Gasteiger charge is -2.21. The zero-order valence-corrected chi connectivity index (χ0v) is 18.0. The number of carbonyl (C=O) groups is 1. The molecule has 0 radical (unpaired) electrons. The van der Waals surface area contributed by atoms with Crippen LogP contribution in [0.2, 0.25) is 0 Å². The monoisotopic (exact) mass is 365 g/mol. The lowest BCUT2D eigenvalue weighted by molar-refractivity contribution is -0.121. The van der Waals surface area contributed by atoms with Gasteiger partial charge in [0.25, 0.3) is 0 Å². The second-order valence-electron chi connectivity index (χ2n) is 9.61. The van der Waals surface area contributed by atoms with Crippen LogP contribution in [-0.2, 0) is 22.0 Å². The van der Waals surface area contributed by atoms with Gasteiger partial charge in [-0.3, -0.25) is 4.79 Å².